The number of carbonyl (C=O) groups is 1. The summed E-state index contributed by atoms with van der Waals surface area (Å²) in [7, 11) is 1.39. The number of hydrogen-bond acceptors (Lipinski definition) is 3. The molecule has 0 radical (unpaired) electrons. The molecule has 2 bridgehead atoms. The first-order valence-electron chi connectivity index (χ1n) is 7.06. The maximum Gasteiger partial charge on any atom is 0.251 e. The molecule has 2 heterocycles. The van der Waals surface area contributed by atoms with Gasteiger partial charge in [0, 0.05) is 23.7 Å². The van der Waals surface area contributed by atoms with Crippen LogP contribution in [0.3, 0.4) is 0 Å². The van der Waals surface area contributed by atoms with Crippen LogP contribution in [0, 0.1) is 5.82 Å². The monoisotopic (exact) mass is 278 g/mol. The fraction of sp³-hybridized carbons (Fsp3) is 0.533. The molecule has 20 heavy (non-hydrogen) atoms. The maximum atomic E-state index is 13.3. The van der Waals surface area contributed by atoms with Gasteiger partial charge in [0.1, 0.15) is 0 Å². The van der Waals surface area contributed by atoms with Crippen molar-refractivity contribution >= 4 is 5.91 Å². The third-order valence-corrected chi connectivity index (χ3v) is 4.22. The van der Waals surface area contributed by atoms with Gasteiger partial charge in [-0.1, -0.05) is 0 Å². The van der Waals surface area contributed by atoms with Crippen molar-refractivity contribution in [3.8, 4) is 5.75 Å². The molecular formula is C15H19FN2O2. The molecule has 2 fully saturated rings. The van der Waals surface area contributed by atoms with Crippen LogP contribution in [0.4, 0.5) is 4.39 Å². The van der Waals surface area contributed by atoms with Crippen molar-refractivity contribution < 1.29 is 13.9 Å². The van der Waals surface area contributed by atoms with E-state index in [9.17, 15) is 9.18 Å². The van der Waals surface area contributed by atoms with Crippen molar-refractivity contribution in [3.05, 3.63) is 29.6 Å². The van der Waals surface area contributed by atoms with Crippen molar-refractivity contribution in [2.24, 2.45) is 0 Å². The van der Waals surface area contributed by atoms with Crippen LogP contribution < -0.4 is 15.4 Å². The Balaban J connectivity index is 1.67. The molecule has 5 heteroatoms. The zero-order valence-electron chi connectivity index (χ0n) is 11.5. The Labute approximate surface area is 117 Å². The second-order valence-electron chi connectivity index (χ2n) is 5.63. The first-order valence-corrected chi connectivity index (χ1v) is 7.06. The topological polar surface area (TPSA) is 50.4 Å². The summed E-state index contributed by atoms with van der Waals surface area (Å²) in [6.07, 6.45) is 4.34. The largest absolute Gasteiger partial charge is 0.494 e. The zero-order chi connectivity index (χ0) is 14.1. The summed E-state index contributed by atoms with van der Waals surface area (Å²) in [5, 5.41) is 6.59. The minimum absolute atomic E-state index is 0.100. The number of nitrogens with one attached hydrogen (secondary N) is 2. The van der Waals surface area contributed by atoms with E-state index in [1.807, 2.05) is 0 Å². The molecule has 4 nitrogen and oxygen atoms in total. The lowest BCUT2D eigenvalue weighted by Gasteiger charge is -2.29. The summed E-state index contributed by atoms with van der Waals surface area (Å²) in [5.41, 5.74) is 0.439. The average molecular weight is 278 g/mol. The van der Waals surface area contributed by atoms with Gasteiger partial charge >= 0.3 is 0 Å². The average Bonchev–Trinajstić information content (AvgIpc) is 2.78. The summed E-state index contributed by atoms with van der Waals surface area (Å²) >= 11 is 0. The molecule has 3 rings (SSSR count). The van der Waals surface area contributed by atoms with Crippen LogP contribution in [0.15, 0.2) is 18.2 Å². The van der Waals surface area contributed by atoms with Gasteiger partial charge in [0.25, 0.3) is 5.91 Å². The molecule has 0 aromatic heterocycles. The fourth-order valence-electron chi connectivity index (χ4n) is 3.24. The molecule has 2 unspecified atom stereocenters. The molecular weight excluding hydrogens is 259 g/mol. The molecule has 0 aliphatic carbocycles. The highest BCUT2D eigenvalue weighted by molar-refractivity contribution is 5.94. The smallest absolute Gasteiger partial charge is 0.251 e. The number of carbonyl (C=O) groups excluding carboxylic acids is 1. The Morgan fingerprint density at radius 3 is 2.70 bits per heavy atom. The second kappa shape index (κ2) is 5.40. The lowest BCUT2D eigenvalue weighted by Crippen LogP contribution is -2.48. The Morgan fingerprint density at radius 1 is 1.35 bits per heavy atom. The van der Waals surface area contributed by atoms with Crippen LogP contribution in [0.2, 0.25) is 0 Å². The lowest BCUT2D eigenvalue weighted by atomic mass is 9.99. The predicted octanol–water partition coefficient (Wildman–Crippen LogP) is 1.85. The third kappa shape index (κ3) is 2.63. The van der Waals surface area contributed by atoms with E-state index in [0.717, 1.165) is 12.8 Å². The highest BCUT2D eigenvalue weighted by Crippen LogP contribution is 2.27. The molecule has 1 aromatic rings. The van der Waals surface area contributed by atoms with Crippen molar-refractivity contribution in [3.63, 3.8) is 0 Å². The Kier molecular flexibility index (Phi) is 3.61. The summed E-state index contributed by atoms with van der Waals surface area (Å²) < 4.78 is 18.2. The van der Waals surface area contributed by atoms with Crippen molar-refractivity contribution in [2.75, 3.05) is 7.11 Å². The fourth-order valence-corrected chi connectivity index (χ4v) is 3.24. The number of piperidine rings is 1. The van der Waals surface area contributed by atoms with Gasteiger partial charge < -0.3 is 15.4 Å². The molecule has 2 aliphatic heterocycles. The summed E-state index contributed by atoms with van der Waals surface area (Å²) in [6.45, 7) is 0. The molecule has 2 atom stereocenters. The van der Waals surface area contributed by atoms with Gasteiger partial charge in [0.05, 0.1) is 7.11 Å². The second-order valence-corrected chi connectivity index (χ2v) is 5.63. The maximum absolute atomic E-state index is 13.3. The summed E-state index contributed by atoms with van der Waals surface area (Å²) in [4.78, 5) is 12.2. The molecule has 1 aromatic carbocycles. The Morgan fingerprint density at radius 2 is 2.05 bits per heavy atom. The summed E-state index contributed by atoms with van der Waals surface area (Å²) in [6, 6.07) is 5.46. The third-order valence-electron chi connectivity index (χ3n) is 4.22. The highest BCUT2D eigenvalue weighted by Gasteiger charge is 2.34. The van der Waals surface area contributed by atoms with Crippen LogP contribution in [0.1, 0.15) is 36.0 Å². The molecule has 2 aliphatic rings. The minimum atomic E-state index is -0.455. The highest BCUT2D eigenvalue weighted by atomic mass is 19.1. The van der Waals surface area contributed by atoms with Crippen molar-refractivity contribution in [1.29, 1.82) is 0 Å². The van der Waals surface area contributed by atoms with E-state index in [4.69, 9.17) is 4.74 Å². The van der Waals surface area contributed by atoms with Crippen molar-refractivity contribution in [1.82, 2.24) is 10.6 Å². The van der Waals surface area contributed by atoms with Crippen molar-refractivity contribution in [2.45, 2.75) is 43.8 Å². The van der Waals surface area contributed by atoms with Crippen LogP contribution in [0.25, 0.3) is 0 Å². The van der Waals surface area contributed by atoms with Gasteiger partial charge in [-0.15, -0.1) is 0 Å². The first-order chi connectivity index (χ1) is 9.65. The number of methoxy groups -OCH3 is 1. The van der Waals surface area contributed by atoms with Gasteiger partial charge in [-0.05, 0) is 43.9 Å². The standard InChI is InChI=1S/C15H19FN2O2/c1-20-14-6-9(2-5-13(14)16)15(19)18-12-7-10-3-4-11(8-12)17-10/h2,5-6,10-12,17H,3-4,7-8H2,1H3,(H,18,19). The van der Waals surface area contributed by atoms with Gasteiger partial charge in [-0.25, -0.2) is 4.39 Å². The van der Waals surface area contributed by atoms with Crippen LogP contribution in [0.5, 0.6) is 5.75 Å². The number of benzene rings is 1. The van der Waals surface area contributed by atoms with E-state index in [0.29, 0.717) is 17.6 Å². The van der Waals surface area contributed by atoms with Gasteiger partial charge in [-0.3, -0.25) is 4.79 Å². The van der Waals surface area contributed by atoms with E-state index in [1.54, 1.807) is 0 Å². The number of ether oxygens (including phenoxy) is 1. The van der Waals surface area contributed by atoms with E-state index in [2.05, 4.69) is 10.6 Å². The molecule has 1 amide bonds. The number of amides is 1. The molecule has 0 spiro atoms. The van der Waals surface area contributed by atoms with E-state index >= 15 is 0 Å². The Bertz CT molecular complexity index is 509. The van der Waals surface area contributed by atoms with Crippen LogP contribution in [-0.2, 0) is 0 Å². The normalized spacial score (nSPS) is 28.2. The molecule has 108 valence electrons. The van der Waals surface area contributed by atoms with Gasteiger partial charge in [-0.2, -0.15) is 0 Å². The lowest BCUT2D eigenvalue weighted by molar-refractivity contribution is 0.0923. The molecule has 2 N–H and O–H groups in total. The predicted molar refractivity (Wildman–Crippen MR) is 73.4 cm³/mol. The summed E-state index contributed by atoms with van der Waals surface area (Å²) in [5.74, 6) is -0.512. The van der Waals surface area contributed by atoms with Crippen LogP contribution >= 0.6 is 0 Å². The molecule has 2 saturated heterocycles. The van der Waals surface area contributed by atoms with E-state index in [1.165, 1.54) is 38.2 Å². The zero-order valence-corrected chi connectivity index (χ0v) is 11.5. The SMILES string of the molecule is COc1cc(C(=O)NC2CC3CCC(C2)N3)ccc1F. The number of halogens is 1. The van der Waals surface area contributed by atoms with E-state index in [-0.39, 0.29) is 17.7 Å². The van der Waals surface area contributed by atoms with Crippen LogP contribution in [-0.4, -0.2) is 31.1 Å². The molecule has 0 saturated carbocycles. The van der Waals surface area contributed by atoms with E-state index < -0.39 is 5.82 Å². The van der Waals surface area contributed by atoms with Gasteiger partial charge in [0.15, 0.2) is 11.6 Å². The Hall–Kier alpha value is -1.62. The number of hydrogen-bond donors (Lipinski definition) is 2. The number of fused-ring (bicyclic) bond motifs is 2. The quantitative estimate of drug-likeness (QED) is 0.887. The first kappa shape index (κ1) is 13.4. The van der Waals surface area contributed by atoms with Gasteiger partial charge in [0.2, 0.25) is 0 Å². The number of rotatable bonds is 3. The minimum Gasteiger partial charge on any atom is -0.494 e.